The molecule has 0 fully saturated rings. The molecular weight excluding hydrogens is 476 g/mol. The third-order valence-corrected chi connectivity index (χ3v) is 7.62. The van der Waals surface area contributed by atoms with Gasteiger partial charge < -0.3 is 4.42 Å². The van der Waals surface area contributed by atoms with Crippen LogP contribution in [0.3, 0.4) is 0 Å². The summed E-state index contributed by atoms with van der Waals surface area (Å²) in [4.78, 5) is 18.0. The number of nitrogens with one attached hydrogen (secondary N) is 1. The number of rotatable bonds is 4. The maximum absolute atomic E-state index is 12.8. The Labute approximate surface area is 209 Å². The first-order valence-electron chi connectivity index (χ1n) is 10.9. The molecule has 0 atom stereocenters. The van der Waals surface area contributed by atoms with E-state index in [9.17, 15) is 4.79 Å². The lowest BCUT2D eigenvalue weighted by molar-refractivity contribution is -0.114. The Morgan fingerprint density at radius 2 is 1.80 bits per heavy atom. The van der Waals surface area contributed by atoms with Crippen molar-refractivity contribution in [3.05, 3.63) is 101 Å². The van der Waals surface area contributed by atoms with E-state index >= 15 is 0 Å². The standard InChI is InChI=1S/C27H18N4O2S2/c1-16-7-2-4-10-19(16)26-30-31-24(28)21(25(32)29-27(31)35-26)15-18-13-14-23(33-18)34-22-12-6-9-17-8-3-5-11-20(17)22/h2-15,28H,1H3/b21-15+,28-24?. The van der Waals surface area contributed by atoms with E-state index in [4.69, 9.17) is 9.83 Å². The minimum absolute atomic E-state index is 0.0178. The molecule has 0 bridgehead atoms. The molecule has 1 N–H and O–H groups in total. The number of aryl methyl sites for hydroxylation is 1. The van der Waals surface area contributed by atoms with E-state index in [0.29, 0.717) is 21.1 Å². The molecule has 0 saturated heterocycles. The van der Waals surface area contributed by atoms with E-state index in [0.717, 1.165) is 26.8 Å². The molecule has 4 aromatic rings. The van der Waals surface area contributed by atoms with Crippen LogP contribution in [0.25, 0.3) is 16.8 Å². The molecule has 170 valence electrons. The fourth-order valence-corrected chi connectivity index (χ4v) is 5.83. The Morgan fingerprint density at radius 3 is 2.69 bits per heavy atom. The third-order valence-electron chi connectivity index (χ3n) is 5.68. The Hall–Kier alpha value is -3.88. The van der Waals surface area contributed by atoms with Gasteiger partial charge >= 0.3 is 0 Å². The zero-order valence-corrected chi connectivity index (χ0v) is 20.2. The van der Waals surface area contributed by atoms with Gasteiger partial charge in [-0.25, -0.2) is 0 Å². The maximum Gasteiger partial charge on any atom is 0.283 e. The fourth-order valence-electron chi connectivity index (χ4n) is 3.92. The number of amides is 1. The van der Waals surface area contributed by atoms with Gasteiger partial charge in [-0.2, -0.15) is 15.1 Å². The van der Waals surface area contributed by atoms with Gasteiger partial charge in [-0.15, -0.1) is 0 Å². The van der Waals surface area contributed by atoms with Crippen LogP contribution in [0.5, 0.6) is 0 Å². The minimum atomic E-state index is -0.477. The number of furan rings is 1. The summed E-state index contributed by atoms with van der Waals surface area (Å²) in [5.74, 6) is -0.0141. The predicted molar refractivity (Wildman–Crippen MR) is 142 cm³/mol. The van der Waals surface area contributed by atoms with E-state index in [-0.39, 0.29) is 11.4 Å². The van der Waals surface area contributed by atoms with E-state index in [1.54, 1.807) is 12.1 Å². The average Bonchev–Trinajstić information content (AvgIpc) is 3.49. The molecule has 1 amide bonds. The Kier molecular flexibility index (Phi) is 5.39. The highest BCUT2D eigenvalue weighted by Crippen LogP contribution is 2.36. The zero-order chi connectivity index (χ0) is 23.9. The molecule has 8 heteroatoms. The van der Waals surface area contributed by atoms with Crippen molar-refractivity contribution in [2.75, 3.05) is 0 Å². The topological polar surface area (TPSA) is 82.0 Å². The van der Waals surface area contributed by atoms with E-state index in [2.05, 4.69) is 34.4 Å². The lowest BCUT2D eigenvalue weighted by Crippen LogP contribution is -2.35. The smallest absolute Gasteiger partial charge is 0.283 e. The number of amidine groups is 2. The summed E-state index contributed by atoms with van der Waals surface area (Å²) in [6.45, 7) is 2.00. The summed E-state index contributed by atoms with van der Waals surface area (Å²) in [5, 5.41) is 18.7. The van der Waals surface area contributed by atoms with Gasteiger partial charge in [-0.1, -0.05) is 72.4 Å². The molecule has 0 saturated carbocycles. The Bertz CT molecular complexity index is 1610. The number of thioether (sulfide) groups is 1. The molecule has 0 spiro atoms. The lowest BCUT2D eigenvalue weighted by atomic mass is 10.1. The van der Waals surface area contributed by atoms with Crippen LogP contribution >= 0.6 is 23.5 Å². The summed E-state index contributed by atoms with van der Waals surface area (Å²) >= 11 is 2.81. The second kappa shape index (κ2) is 8.72. The van der Waals surface area contributed by atoms with Crippen LogP contribution < -0.4 is 0 Å². The minimum Gasteiger partial charge on any atom is -0.450 e. The molecular formula is C27H18N4O2S2. The zero-order valence-electron chi connectivity index (χ0n) is 18.6. The number of fused-ring (bicyclic) bond motifs is 2. The number of aliphatic imine (C=N–C) groups is 1. The van der Waals surface area contributed by atoms with Crippen molar-refractivity contribution in [3.8, 4) is 0 Å². The number of hydrogen-bond acceptors (Lipinski definition) is 6. The van der Waals surface area contributed by atoms with Gasteiger partial charge in [0.05, 0.1) is 5.57 Å². The SMILES string of the molecule is Cc1ccccc1C1=NN2C(=N)/C(=C\c3ccc(Sc4cccc5ccccc45)o3)C(=O)N=C2S1. The fraction of sp³-hybridized carbons (Fsp3) is 0.0370. The summed E-state index contributed by atoms with van der Waals surface area (Å²) in [6.07, 6.45) is 1.56. The molecule has 35 heavy (non-hydrogen) atoms. The summed E-state index contributed by atoms with van der Waals surface area (Å²) < 4.78 is 5.98. The number of nitrogens with zero attached hydrogens (tertiary/aromatic N) is 3. The second-order valence-electron chi connectivity index (χ2n) is 7.98. The summed E-state index contributed by atoms with van der Waals surface area (Å²) in [6, 6.07) is 25.9. The van der Waals surface area contributed by atoms with E-state index < -0.39 is 5.91 Å². The van der Waals surface area contributed by atoms with E-state index in [1.165, 1.54) is 28.5 Å². The van der Waals surface area contributed by atoms with Crippen molar-refractivity contribution >= 4 is 62.3 Å². The number of benzene rings is 3. The summed E-state index contributed by atoms with van der Waals surface area (Å²) in [7, 11) is 0. The highest BCUT2D eigenvalue weighted by atomic mass is 32.2. The van der Waals surface area contributed by atoms with Crippen LogP contribution in [-0.4, -0.2) is 27.0 Å². The van der Waals surface area contributed by atoms with Gasteiger partial charge in [0.25, 0.3) is 5.91 Å². The molecule has 3 heterocycles. The molecule has 3 aromatic carbocycles. The maximum atomic E-state index is 12.8. The van der Waals surface area contributed by atoms with Gasteiger partial charge in [-0.05, 0) is 59.3 Å². The quantitative estimate of drug-likeness (QED) is 0.325. The first kappa shape index (κ1) is 21.6. The molecule has 0 radical (unpaired) electrons. The second-order valence-corrected chi connectivity index (χ2v) is 9.98. The highest BCUT2D eigenvalue weighted by Gasteiger charge is 2.36. The Balaban J connectivity index is 1.27. The van der Waals surface area contributed by atoms with Crippen LogP contribution in [0, 0.1) is 12.3 Å². The number of carbonyl (C=O) groups is 1. The van der Waals surface area contributed by atoms with Crippen LogP contribution in [0.15, 0.2) is 109 Å². The molecule has 6 rings (SSSR count). The van der Waals surface area contributed by atoms with Gasteiger partial charge in [0.15, 0.2) is 10.9 Å². The predicted octanol–water partition coefficient (Wildman–Crippen LogP) is 6.56. The normalized spacial score (nSPS) is 16.6. The van der Waals surface area contributed by atoms with Crippen molar-refractivity contribution in [2.45, 2.75) is 16.9 Å². The van der Waals surface area contributed by atoms with Crippen LogP contribution in [0.1, 0.15) is 16.9 Å². The average molecular weight is 495 g/mol. The molecule has 0 unspecified atom stereocenters. The molecule has 2 aliphatic heterocycles. The third kappa shape index (κ3) is 4.00. The molecule has 6 nitrogen and oxygen atoms in total. The molecule has 0 aliphatic carbocycles. The molecule has 1 aromatic heterocycles. The van der Waals surface area contributed by atoms with E-state index in [1.807, 2.05) is 55.5 Å². The largest absolute Gasteiger partial charge is 0.450 e. The lowest BCUT2D eigenvalue weighted by Gasteiger charge is -2.19. The van der Waals surface area contributed by atoms with Crippen molar-refractivity contribution in [1.82, 2.24) is 5.01 Å². The first-order chi connectivity index (χ1) is 17.1. The van der Waals surface area contributed by atoms with Gasteiger partial charge in [0, 0.05) is 10.5 Å². The van der Waals surface area contributed by atoms with Gasteiger partial charge in [0.2, 0.25) is 5.17 Å². The van der Waals surface area contributed by atoms with Crippen LogP contribution in [0.2, 0.25) is 0 Å². The number of hydrogen-bond donors (Lipinski definition) is 1. The Morgan fingerprint density at radius 1 is 1.00 bits per heavy atom. The van der Waals surface area contributed by atoms with Crippen LogP contribution in [-0.2, 0) is 4.79 Å². The van der Waals surface area contributed by atoms with Crippen molar-refractivity contribution in [3.63, 3.8) is 0 Å². The monoisotopic (exact) mass is 494 g/mol. The summed E-state index contributed by atoms with van der Waals surface area (Å²) in [5.41, 5.74) is 2.17. The van der Waals surface area contributed by atoms with Crippen molar-refractivity contribution in [1.29, 1.82) is 5.41 Å². The number of carbonyl (C=O) groups excluding carboxylic acids is 1. The molecule has 2 aliphatic rings. The van der Waals surface area contributed by atoms with Gasteiger partial charge in [0.1, 0.15) is 10.8 Å². The highest BCUT2D eigenvalue weighted by molar-refractivity contribution is 8.27. The number of hydrazone groups is 1. The van der Waals surface area contributed by atoms with Gasteiger partial charge in [-0.3, -0.25) is 10.2 Å². The first-order valence-corrected chi connectivity index (χ1v) is 12.5. The van der Waals surface area contributed by atoms with Crippen molar-refractivity contribution < 1.29 is 9.21 Å². The van der Waals surface area contributed by atoms with Crippen LogP contribution in [0.4, 0.5) is 0 Å². The van der Waals surface area contributed by atoms with Crippen molar-refractivity contribution in [2.24, 2.45) is 10.1 Å².